The van der Waals surface area contributed by atoms with Crippen LogP contribution in [0.2, 0.25) is 0 Å². The third kappa shape index (κ3) is 8.48. The molecular weight excluding hydrogens is 588 g/mol. The van der Waals surface area contributed by atoms with E-state index >= 15 is 0 Å². The van der Waals surface area contributed by atoms with Crippen LogP contribution in [0.25, 0.3) is 0 Å². The van der Waals surface area contributed by atoms with E-state index in [1.807, 2.05) is 41.5 Å². The molecule has 3 fully saturated rings. The van der Waals surface area contributed by atoms with Crippen molar-refractivity contribution >= 4 is 35.4 Å². The molecule has 1 saturated heterocycles. The van der Waals surface area contributed by atoms with Gasteiger partial charge in [0.15, 0.2) is 0 Å². The molecule has 1 aliphatic heterocycles. The van der Waals surface area contributed by atoms with Crippen LogP contribution >= 0.6 is 0 Å². The minimum absolute atomic E-state index is 0.0427. The molecule has 0 bridgehead atoms. The predicted octanol–water partition coefficient (Wildman–Crippen LogP) is 3.37. The monoisotopic (exact) mass is 646 g/mol. The molecule has 1 heterocycles. The molecule has 4 N–H and O–H groups in total. The molecule has 0 aromatic rings. The summed E-state index contributed by atoms with van der Waals surface area (Å²) in [6.07, 6.45) is 3.27. The van der Waals surface area contributed by atoms with Crippen LogP contribution in [0.5, 0.6) is 0 Å². The molecule has 11 heteroatoms. The zero-order valence-electron chi connectivity index (χ0n) is 29.9. The highest BCUT2D eigenvalue weighted by molar-refractivity contribution is 6.37. The van der Waals surface area contributed by atoms with E-state index < -0.39 is 46.6 Å². The predicted molar refractivity (Wildman–Crippen MR) is 174 cm³/mol. The fourth-order valence-corrected chi connectivity index (χ4v) is 6.80. The maximum atomic E-state index is 14.3. The largest absolute Gasteiger partial charge is 0.465 e. The van der Waals surface area contributed by atoms with E-state index in [1.54, 1.807) is 25.7 Å². The molecule has 3 aliphatic rings. The summed E-state index contributed by atoms with van der Waals surface area (Å²) in [6.45, 7) is 21.4. The van der Waals surface area contributed by atoms with E-state index in [2.05, 4.69) is 24.5 Å². The number of nitrogens with two attached hydrogens (primary N) is 1. The van der Waals surface area contributed by atoms with Gasteiger partial charge in [-0.25, -0.2) is 0 Å². The van der Waals surface area contributed by atoms with Crippen molar-refractivity contribution in [3.63, 3.8) is 0 Å². The zero-order valence-corrected chi connectivity index (χ0v) is 29.9. The van der Waals surface area contributed by atoms with Gasteiger partial charge in [-0.2, -0.15) is 0 Å². The number of carbonyl (C=O) groups excluding carboxylic acids is 6. The van der Waals surface area contributed by atoms with Crippen LogP contribution in [0.3, 0.4) is 0 Å². The summed E-state index contributed by atoms with van der Waals surface area (Å²) < 4.78 is 5.58. The number of ketones is 1. The van der Waals surface area contributed by atoms with Gasteiger partial charge in [-0.05, 0) is 61.2 Å². The van der Waals surface area contributed by atoms with Gasteiger partial charge in [0.1, 0.15) is 12.1 Å². The van der Waals surface area contributed by atoms with Gasteiger partial charge >= 0.3 is 5.97 Å². The number of rotatable bonds is 12. The number of amides is 4. The average molecular weight is 647 g/mol. The number of likely N-dealkylation sites (tertiary alicyclic amines) is 1. The number of fused-ring (bicyclic) bond motifs is 1. The quantitative estimate of drug-likeness (QED) is 0.216. The Hall–Kier alpha value is -2.98. The Morgan fingerprint density at radius 3 is 1.96 bits per heavy atom. The normalized spacial score (nSPS) is 24.5. The Bertz CT molecular complexity index is 1220. The van der Waals surface area contributed by atoms with Gasteiger partial charge in [-0.3, -0.25) is 28.8 Å². The first-order valence-electron chi connectivity index (χ1n) is 16.8. The molecule has 0 radical (unpaired) electrons. The smallest absolute Gasteiger partial charge is 0.311 e. The lowest BCUT2D eigenvalue weighted by Crippen LogP contribution is -2.60. The Kier molecular flexibility index (Phi) is 10.8. The van der Waals surface area contributed by atoms with E-state index in [4.69, 9.17) is 10.5 Å². The second-order valence-electron chi connectivity index (χ2n) is 17.7. The molecule has 46 heavy (non-hydrogen) atoms. The van der Waals surface area contributed by atoms with Gasteiger partial charge in [0.2, 0.25) is 23.5 Å². The van der Waals surface area contributed by atoms with Crippen LogP contribution in [0, 0.1) is 45.3 Å². The summed E-state index contributed by atoms with van der Waals surface area (Å²) >= 11 is 0. The number of esters is 1. The minimum Gasteiger partial charge on any atom is -0.465 e. The number of nitrogens with one attached hydrogen (secondary N) is 2. The van der Waals surface area contributed by atoms with Gasteiger partial charge in [0, 0.05) is 18.9 Å². The van der Waals surface area contributed by atoms with Crippen molar-refractivity contribution in [1.82, 2.24) is 15.5 Å². The van der Waals surface area contributed by atoms with Crippen LogP contribution in [0.1, 0.15) is 108 Å². The second-order valence-corrected chi connectivity index (χ2v) is 17.7. The number of primary amides is 1. The standard InChI is InChI=1S/C35H58N4O7/c1-32(2,3)20(18-46-31(45)34(7,8)9)16-23(40)38-27(33(4,5)6)30(44)39-17-21-24(35(21,10)11)25(39)29(43)37-22(26(41)28(36)42)15-19-13-12-14-19/h19-22,24-25,27H,12-18H2,1-11H3,(H2,36,42)(H,37,43)(H,38,40)/t20-,21+,22?,24+,25+,27-/m1/s1. The molecule has 0 spiro atoms. The van der Waals surface area contributed by atoms with E-state index in [9.17, 15) is 28.8 Å². The third-order valence-electron chi connectivity index (χ3n) is 10.5. The first-order chi connectivity index (χ1) is 20.9. The van der Waals surface area contributed by atoms with Gasteiger partial charge in [-0.15, -0.1) is 0 Å². The molecule has 11 nitrogen and oxygen atoms in total. The highest BCUT2D eigenvalue weighted by Gasteiger charge is 2.70. The van der Waals surface area contributed by atoms with E-state index in [-0.39, 0.29) is 65.3 Å². The molecule has 1 unspecified atom stereocenters. The Morgan fingerprint density at radius 1 is 0.913 bits per heavy atom. The van der Waals surface area contributed by atoms with Crippen LogP contribution in [-0.2, 0) is 33.5 Å². The Labute approximate surface area is 274 Å². The number of Topliss-reactive ketones (excluding diaryl/α,β-unsaturated/α-hetero) is 1. The molecule has 0 aromatic heterocycles. The van der Waals surface area contributed by atoms with Crippen molar-refractivity contribution in [1.29, 1.82) is 0 Å². The molecule has 3 rings (SSSR count). The lowest BCUT2D eigenvalue weighted by Gasteiger charge is -2.38. The van der Waals surface area contributed by atoms with Crippen molar-refractivity contribution in [2.75, 3.05) is 13.2 Å². The summed E-state index contributed by atoms with van der Waals surface area (Å²) in [6, 6.07) is -2.82. The first-order valence-corrected chi connectivity index (χ1v) is 16.8. The summed E-state index contributed by atoms with van der Waals surface area (Å²) in [5.41, 5.74) is 3.43. The summed E-state index contributed by atoms with van der Waals surface area (Å²) in [4.78, 5) is 80.3. The van der Waals surface area contributed by atoms with Crippen molar-refractivity contribution in [3.05, 3.63) is 0 Å². The fraction of sp³-hybridized carbons (Fsp3) is 0.829. The number of carbonyl (C=O) groups is 6. The number of hydrogen-bond acceptors (Lipinski definition) is 7. The SMILES string of the molecule is CC(C)(C)C(=O)OC[C@@H](CC(=O)N[C@H](C(=O)N1C[C@H]2[C@@H]([C@H]1C(=O)NC(CC1CCC1)C(=O)C(N)=O)C2(C)C)C(C)(C)C)C(C)(C)C. The average Bonchev–Trinajstić information content (AvgIpc) is 3.19. The van der Waals surface area contributed by atoms with Crippen LogP contribution < -0.4 is 16.4 Å². The Morgan fingerprint density at radius 2 is 1.50 bits per heavy atom. The summed E-state index contributed by atoms with van der Waals surface area (Å²) in [7, 11) is 0. The van der Waals surface area contributed by atoms with E-state index in [0.29, 0.717) is 13.0 Å². The Balaban J connectivity index is 1.80. The van der Waals surface area contributed by atoms with Crippen LogP contribution in [-0.4, -0.2) is 71.6 Å². The molecular formula is C35H58N4O7. The highest BCUT2D eigenvalue weighted by atomic mass is 16.5. The summed E-state index contributed by atoms with van der Waals surface area (Å²) in [5.74, 6) is -3.57. The fourth-order valence-electron chi connectivity index (χ4n) is 6.80. The van der Waals surface area contributed by atoms with Crippen molar-refractivity contribution in [3.8, 4) is 0 Å². The first kappa shape index (κ1) is 37.5. The highest BCUT2D eigenvalue weighted by Crippen LogP contribution is 2.65. The third-order valence-corrected chi connectivity index (χ3v) is 10.5. The maximum absolute atomic E-state index is 14.3. The van der Waals surface area contributed by atoms with Gasteiger partial charge in [-0.1, -0.05) is 74.7 Å². The number of ether oxygens (including phenoxy) is 1. The van der Waals surface area contributed by atoms with Crippen LogP contribution in [0.4, 0.5) is 0 Å². The lowest BCUT2D eigenvalue weighted by atomic mass is 9.78. The number of nitrogens with zero attached hydrogens (tertiary/aromatic N) is 1. The molecule has 0 aromatic carbocycles. The van der Waals surface area contributed by atoms with Crippen LogP contribution in [0.15, 0.2) is 0 Å². The molecule has 2 aliphatic carbocycles. The molecule has 2 saturated carbocycles. The van der Waals surface area contributed by atoms with Crippen molar-refractivity contribution in [2.45, 2.75) is 126 Å². The minimum atomic E-state index is -1.09. The van der Waals surface area contributed by atoms with Gasteiger partial charge < -0.3 is 26.0 Å². The molecule has 4 amide bonds. The number of piperidine rings is 1. The van der Waals surface area contributed by atoms with E-state index in [0.717, 1.165) is 19.3 Å². The van der Waals surface area contributed by atoms with Gasteiger partial charge in [0.05, 0.1) is 18.1 Å². The molecule has 6 atom stereocenters. The molecule has 260 valence electrons. The topological polar surface area (TPSA) is 165 Å². The lowest BCUT2D eigenvalue weighted by molar-refractivity contribution is -0.156. The van der Waals surface area contributed by atoms with Gasteiger partial charge in [0.25, 0.3) is 5.91 Å². The van der Waals surface area contributed by atoms with E-state index in [1.165, 1.54) is 0 Å². The second kappa shape index (κ2) is 13.3. The maximum Gasteiger partial charge on any atom is 0.311 e. The summed E-state index contributed by atoms with van der Waals surface area (Å²) in [5, 5.41) is 5.76. The zero-order chi connectivity index (χ0) is 35.2. The van der Waals surface area contributed by atoms with Crippen molar-refractivity contribution < 1.29 is 33.5 Å². The van der Waals surface area contributed by atoms with Crippen molar-refractivity contribution in [2.24, 2.45) is 51.1 Å². The number of hydrogen-bond donors (Lipinski definition) is 3.